The summed E-state index contributed by atoms with van der Waals surface area (Å²) in [6.07, 6.45) is 4.30. The molecule has 0 aromatic heterocycles. The first-order valence-corrected chi connectivity index (χ1v) is 13.7. The van der Waals surface area contributed by atoms with Gasteiger partial charge in [0.1, 0.15) is 22.5 Å². The fraction of sp³-hybridized carbons (Fsp3) is 0.480. The Morgan fingerprint density at radius 2 is 1.56 bits per heavy atom. The summed E-state index contributed by atoms with van der Waals surface area (Å²) in [5.41, 5.74) is 1.85. The van der Waals surface area contributed by atoms with Crippen LogP contribution in [0.4, 0.5) is 14.0 Å². The van der Waals surface area contributed by atoms with E-state index in [1.165, 1.54) is 12.1 Å². The van der Waals surface area contributed by atoms with E-state index >= 15 is 3.89 Å². The predicted octanol–water partition coefficient (Wildman–Crippen LogP) is 3.55. The second kappa shape index (κ2) is 9.71. The van der Waals surface area contributed by atoms with Crippen molar-refractivity contribution >= 4 is 22.3 Å². The minimum Gasteiger partial charge on any atom is -0.369 e. The molecule has 2 atom stereocenters. The highest BCUT2D eigenvalue weighted by molar-refractivity contribution is 7.95. The number of thiol groups is 1. The van der Waals surface area contributed by atoms with Crippen molar-refractivity contribution in [3.05, 3.63) is 66.0 Å². The second-order valence-corrected chi connectivity index (χ2v) is 11.1. The van der Waals surface area contributed by atoms with E-state index < -0.39 is 28.7 Å². The number of rotatable bonds is 5. The smallest absolute Gasteiger partial charge is 0.255 e. The van der Waals surface area contributed by atoms with E-state index in [0.29, 0.717) is 39.0 Å². The Kier molecular flexibility index (Phi) is 6.68. The van der Waals surface area contributed by atoms with Crippen LogP contribution in [0.5, 0.6) is 0 Å². The van der Waals surface area contributed by atoms with Gasteiger partial charge in [0.05, 0.1) is 6.04 Å². The molecule has 1 N–H and O–H groups in total. The summed E-state index contributed by atoms with van der Waals surface area (Å²) < 4.78 is 45.5. The third kappa shape index (κ3) is 4.61. The Bertz CT molecular complexity index is 1040. The number of nitrogens with zero attached hydrogens (tertiary/aromatic N) is 3. The number of carbonyl (C=O) groups excluding carboxylic acids is 1. The van der Waals surface area contributed by atoms with Gasteiger partial charge in [0, 0.05) is 37.9 Å². The molecule has 1 saturated carbocycles. The number of anilines is 1. The van der Waals surface area contributed by atoms with Crippen LogP contribution in [0.25, 0.3) is 0 Å². The highest BCUT2D eigenvalue weighted by Crippen LogP contribution is 2.37. The molecule has 34 heavy (non-hydrogen) atoms. The first-order valence-electron chi connectivity index (χ1n) is 12.1. The van der Waals surface area contributed by atoms with E-state index in [0.717, 1.165) is 34.8 Å². The van der Waals surface area contributed by atoms with E-state index in [2.05, 4.69) is 14.5 Å². The third-order valence-corrected chi connectivity index (χ3v) is 9.02. The van der Waals surface area contributed by atoms with Crippen LogP contribution in [0, 0.1) is 5.82 Å². The van der Waals surface area contributed by atoms with Gasteiger partial charge >= 0.3 is 0 Å². The first kappa shape index (κ1) is 23.4. The molecule has 3 aliphatic rings. The number of nitrogens with one attached hydrogen (secondary N) is 1. The van der Waals surface area contributed by atoms with Gasteiger partial charge in [0.25, 0.3) is 5.91 Å². The largest absolute Gasteiger partial charge is 0.369 e. The van der Waals surface area contributed by atoms with Crippen molar-refractivity contribution in [3.63, 3.8) is 0 Å². The Hall–Kier alpha value is -2.36. The minimum atomic E-state index is -4.46. The summed E-state index contributed by atoms with van der Waals surface area (Å²) in [5, 5.41) is 0. The van der Waals surface area contributed by atoms with Crippen LogP contribution in [0.2, 0.25) is 0 Å². The molecule has 1 amide bonds. The molecule has 0 spiro atoms. The lowest BCUT2D eigenvalue weighted by Crippen LogP contribution is -2.53. The van der Waals surface area contributed by atoms with E-state index in [4.69, 9.17) is 0 Å². The number of amides is 1. The van der Waals surface area contributed by atoms with Crippen molar-refractivity contribution in [2.75, 3.05) is 31.1 Å². The van der Waals surface area contributed by atoms with Gasteiger partial charge in [-0.3, -0.25) is 9.69 Å². The quantitative estimate of drug-likeness (QED) is 0.497. The molecule has 2 aliphatic heterocycles. The summed E-state index contributed by atoms with van der Waals surface area (Å²) >= 11 is 0. The molecule has 2 aromatic rings. The van der Waals surface area contributed by atoms with E-state index in [9.17, 15) is 13.4 Å². The molecule has 2 heterocycles. The standard InChI is InChI=1S/C25H32F2N4O2S/c26-20-11-13-21(14-12-20)29-15-17-30(18-16-29)24(19-7-3-1-4-8-19)23-25(32)31(34(27,33)28-23)22-9-5-2-6-10-22/h1,3-4,7-8,11-14,22-24,34H,2,5-6,9-10,15-18H2,(H,28,33)/t23-,24+/m1/s1. The Labute approximate surface area is 200 Å². The van der Waals surface area contributed by atoms with Gasteiger partial charge in [0.15, 0.2) is 0 Å². The van der Waals surface area contributed by atoms with Crippen molar-refractivity contribution in [2.45, 2.75) is 50.2 Å². The summed E-state index contributed by atoms with van der Waals surface area (Å²) in [5.74, 6) is -0.664. The van der Waals surface area contributed by atoms with E-state index in [-0.39, 0.29) is 11.9 Å². The number of hydrogen-bond acceptors (Lipinski definition) is 4. The van der Waals surface area contributed by atoms with Gasteiger partial charge in [-0.25, -0.2) is 17.6 Å². The number of benzene rings is 2. The molecule has 0 radical (unpaired) electrons. The van der Waals surface area contributed by atoms with Gasteiger partial charge in [-0.2, -0.15) is 0 Å². The summed E-state index contributed by atoms with van der Waals surface area (Å²) in [6, 6.07) is 14.4. The summed E-state index contributed by atoms with van der Waals surface area (Å²) in [6.45, 7) is 2.66. The molecular weight excluding hydrogens is 458 g/mol. The fourth-order valence-corrected chi connectivity index (χ4v) is 7.40. The molecule has 6 nitrogen and oxygen atoms in total. The third-order valence-electron chi connectivity index (χ3n) is 7.34. The van der Waals surface area contributed by atoms with Crippen LogP contribution in [0.3, 0.4) is 0 Å². The summed E-state index contributed by atoms with van der Waals surface area (Å²) in [4.78, 5) is 17.9. The van der Waals surface area contributed by atoms with Crippen LogP contribution in [0.15, 0.2) is 54.6 Å². The van der Waals surface area contributed by atoms with E-state index in [1.54, 1.807) is 12.1 Å². The second-order valence-electron chi connectivity index (χ2n) is 9.44. The Morgan fingerprint density at radius 3 is 2.21 bits per heavy atom. The highest BCUT2D eigenvalue weighted by atomic mass is 32.3. The maximum absolute atomic E-state index is 15.4. The zero-order valence-electron chi connectivity index (χ0n) is 19.2. The monoisotopic (exact) mass is 490 g/mol. The molecule has 9 heteroatoms. The number of carbonyl (C=O) groups is 1. The molecule has 5 rings (SSSR count). The summed E-state index contributed by atoms with van der Waals surface area (Å²) in [7, 11) is -4.46. The fourth-order valence-electron chi connectivity index (χ4n) is 5.65. The lowest BCUT2D eigenvalue weighted by atomic mass is 9.93. The Balaban J connectivity index is 1.38. The topological polar surface area (TPSA) is 55.9 Å². The zero-order valence-corrected chi connectivity index (χ0v) is 20.0. The van der Waals surface area contributed by atoms with Crippen LogP contribution < -0.4 is 9.62 Å². The maximum Gasteiger partial charge on any atom is 0.255 e. The molecule has 2 saturated heterocycles. The van der Waals surface area contributed by atoms with Crippen molar-refractivity contribution in [1.82, 2.24) is 13.9 Å². The van der Waals surface area contributed by atoms with Gasteiger partial charge in [-0.05, 0) is 42.7 Å². The van der Waals surface area contributed by atoms with Gasteiger partial charge in [0.2, 0.25) is 0 Å². The van der Waals surface area contributed by atoms with Crippen LogP contribution >= 0.6 is 0 Å². The average molecular weight is 491 g/mol. The number of piperazine rings is 1. The van der Waals surface area contributed by atoms with Gasteiger partial charge in [-0.1, -0.05) is 49.6 Å². The first-order chi connectivity index (χ1) is 16.4. The zero-order chi connectivity index (χ0) is 23.7. The molecule has 1 aliphatic carbocycles. The molecule has 184 valence electrons. The molecule has 3 fully saturated rings. The minimum absolute atomic E-state index is 0.268. The van der Waals surface area contributed by atoms with Crippen LogP contribution in [-0.4, -0.2) is 57.6 Å². The van der Waals surface area contributed by atoms with Crippen LogP contribution in [0.1, 0.15) is 43.7 Å². The van der Waals surface area contributed by atoms with Gasteiger partial charge < -0.3 is 4.90 Å². The number of hydrogen-bond donors (Lipinski definition) is 2. The van der Waals surface area contributed by atoms with E-state index in [1.807, 2.05) is 30.3 Å². The Morgan fingerprint density at radius 1 is 0.912 bits per heavy atom. The normalized spacial score (nSPS) is 25.9. The van der Waals surface area contributed by atoms with Crippen molar-refractivity contribution in [1.29, 1.82) is 0 Å². The maximum atomic E-state index is 15.4. The number of halogens is 2. The van der Waals surface area contributed by atoms with Crippen molar-refractivity contribution in [2.24, 2.45) is 0 Å². The van der Waals surface area contributed by atoms with Crippen molar-refractivity contribution < 1.29 is 17.3 Å². The van der Waals surface area contributed by atoms with Crippen molar-refractivity contribution in [3.8, 4) is 0 Å². The lowest BCUT2D eigenvalue weighted by Gasteiger charge is -2.41. The van der Waals surface area contributed by atoms with Gasteiger partial charge in [-0.15, -0.1) is 3.89 Å². The molecular formula is C25H32F2N4O2S. The highest BCUT2D eigenvalue weighted by Gasteiger charge is 2.51. The average Bonchev–Trinajstić information content (AvgIpc) is 3.09. The molecule has 0 bridgehead atoms. The predicted molar refractivity (Wildman–Crippen MR) is 131 cm³/mol. The molecule has 0 unspecified atom stereocenters. The SMILES string of the molecule is O=C1[C@@H]([C@H](c2ccccc2)N2CCN(c3ccc(F)cc3)CC2)N[SH](=O)(F)N1C1CCCCC1. The molecule has 2 aromatic carbocycles. The van der Waals surface area contributed by atoms with Crippen LogP contribution in [-0.2, 0) is 15.5 Å². The lowest BCUT2D eigenvalue weighted by molar-refractivity contribution is -0.130.